The number of carbonyl (C=O) groups excluding carboxylic acids is 3. The Morgan fingerprint density at radius 3 is 2.42 bits per heavy atom. The van der Waals surface area contributed by atoms with Gasteiger partial charge in [-0.2, -0.15) is 0 Å². The van der Waals surface area contributed by atoms with E-state index in [4.69, 9.17) is 0 Å². The van der Waals surface area contributed by atoms with Crippen LogP contribution in [0.5, 0.6) is 0 Å². The molecule has 2 rings (SSSR count). The van der Waals surface area contributed by atoms with Crippen molar-refractivity contribution >= 4 is 23.4 Å². The molecular formula is C13H15N3O3. The summed E-state index contributed by atoms with van der Waals surface area (Å²) in [5.74, 6) is -1.20. The highest BCUT2D eigenvalue weighted by atomic mass is 16.2. The number of anilines is 1. The average Bonchev–Trinajstić information content (AvgIpc) is 2.36. The van der Waals surface area contributed by atoms with E-state index in [9.17, 15) is 14.4 Å². The topological polar surface area (TPSA) is 78.5 Å². The Labute approximate surface area is 110 Å². The molecule has 0 radical (unpaired) electrons. The van der Waals surface area contributed by atoms with Crippen molar-refractivity contribution in [1.82, 2.24) is 10.2 Å². The summed E-state index contributed by atoms with van der Waals surface area (Å²) in [4.78, 5) is 36.1. The molecule has 19 heavy (non-hydrogen) atoms. The Balaban J connectivity index is 2.24. The summed E-state index contributed by atoms with van der Waals surface area (Å²) < 4.78 is 0. The number of carbonyl (C=O) groups is 3. The number of amides is 3. The van der Waals surface area contributed by atoms with E-state index in [2.05, 4.69) is 10.6 Å². The second-order valence-electron chi connectivity index (χ2n) is 4.41. The van der Waals surface area contributed by atoms with Crippen LogP contribution in [0, 0.1) is 6.92 Å². The number of hydrogen-bond acceptors (Lipinski definition) is 4. The highest BCUT2D eigenvalue weighted by Crippen LogP contribution is 2.17. The summed E-state index contributed by atoms with van der Waals surface area (Å²) in [5, 5.41) is 5.15. The van der Waals surface area contributed by atoms with Gasteiger partial charge in [0.05, 0.1) is 0 Å². The maximum absolute atomic E-state index is 12.3. The molecule has 1 saturated heterocycles. The molecule has 1 aliphatic rings. The molecule has 0 aromatic heterocycles. The molecule has 0 atom stereocenters. The number of benzene rings is 1. The van der Waals surface area contributed by atoms with Crippen molar-refractivity contribution in [2.24, 2.45) is 0 Å². The summed E-state index contributed by atoms with van der Waals surface area (Å²) in [7, 11) is 1.80. The van der Waals surface area contributed by atoms with Crippen LogP contribution in [0.25, 0.3) is 0 Å². The lowest BCUT2D eigenvalue weighted by atomic mass is 10.1. The largest absolute Gasteiger partial charge is 0.388 e. The van der Waals surface area contributed by atoms with Crippen LogP contribution in [0.2, 0.25) is 0 Å². The molecule has 1 aromatic rings. The lowest BCUT2D eigenvalue weighted by Gasteiger charge is -2.26. The Kier molecular flexibility index (Phi) is 3.50. The van der Waals surface area contributed by atoms with Gasteiger partial charge in [0, 0.05) is 18.3 Å². The highest BCUT2D eigenvalue weighted by molar-refractivity contribution is 6.06. The van der Waals surface area contributed by atoms with Gasteiger partial charge in [0.2, 0.25) is 11.8 Å². The van der Waals surface area contributed by atoms with Crippen LogP contribution < -0.4 is 10.6 Å². The van der Waals surface area contributed by atoms with E-state index in [1.807, 2.05) is 13.0 Å². The minimum atomic E-state index is -0.450. The van der Waals surface area contributed by atoms with Crippen LogP contribution in [0.3, 0.4) is 0 Å². The first-order valence-electron chi connectivity index (χ1n) is 5.91. The fourth-order valence-electron chi connectivity index (χ4n) is 2.01. The van der Waals surface area contributed by atoms with Crippen molar-refractivity contribution in [2.75, 3.05) is 25.5 Å². The molecule has 1 fully saturated rings. The Morgan fingerprint density at radius 1 is 1.26 bits per heavy atom. The summed E-state index contributed by atoms with van der Waals surface area (Å²) in [6, 6.07) is 5.33. The number of imide groups is 1. The monoisotopic (exact) mass is 261 g/mol. The van der Waals surface area contributed by atoms with Gasteiger partial charge in [-0.15, -0.1) is 0 Å². The summed E-state index contributed by atoms with van der Waals surface area (Å²) >= 11 is 0. The quantitative estimate of drug-likeness (QED) is 0.742. The van der Waals surface area contributed by atoms with E-state index in [0.717, 1.165) is 11.3 Å². The predicted molar refractivity (Wildman–Crippen MR) is 69.8 cm³/mol. The van der Waals surface area contributed by atoms with Crippen LogP contribution in [-0.4, -0.2) is 42.8 Å². The number of rotatable bonds is 2. The molecule has 0 saturated carbocycles. The SMILES string of the molecule is CNc1ccc(C(=O)N2CC(=O)NC(=O)C2)c(C)c1. The second kappa shape index (κ2) is 5.09. The third kappa shape index (κ3) is 2.73. The first kappa shape index (κ1) is 13.1. The van der Waals surface area contributed by atoms with Crippen LogP contribution in [-0.2, 0) is 9.59 Å². The summed E-state index contributed by atoms with van der Waals surface area (Å²) in [5.41, 5.74) is 2.21. The molecule has 0 aliphatic carbocycles. The van der Waals surface area contributed by atoms with Crippen molar-refractivity contribution in [3.05, 3.63) is 29.3 Å². The number of piperazine rings is 1. The van der Waals surface area contributed by atoms with Gasteiger partial charge in [-0.25, -0.2) is 0 Å². The van der Waals surface area contributed by atoms with Gasteiger partial charge >= 0.3 is 0 Å². The molecule has 1 heterocycles. The molecule has 0 unspecified atom stereocenters. The molecule has 1 aromatic carbocycles. The maximum Gasteiger partial charge on any atom is 0.255 e. The molecule has 0 bridgehead atoms. The number of aryl methyl sites for hydroxylation is 1. The van der Waals surface area contributed by atoms with Gasteiger partial charge in [0.15, 0.2) is 0 Å². The Bertz CT molecular complexity index is 538. The van der Waals surface area contributed by atoms with Crippen molar-refractivity contribution in [3.63, 3.8) is 0 Å². The molecule has 2 N–H and O–H groups in total. The lowest BCUT2D eigenvalue weighted by molar-refractivity contribution is -0.135. The van der Waals surface area contributed by atoms with Gasteiger partial charge in [-0.1, -0.05) is 0 Å². The Morgan fingerprint density at radius 2 is 1.89 bits per heavy atom. The van der Waals surface area contributed by atoms with Crippen LogP contribution in [0.1, 0.15) is 15.9 Å². The molecule has 6 nitrogen and oxygen atoms in total. The van der Waals surface area contributed by atoms with Crippen molar-refractivity contribution in [1.29, 1.82) is 0 Å². The number of hydrogen-bond donors (Lipinski definition) is 2. The third-order valence-corrected chi connectivity index (χ3v) is 2.98. The lowest BCUT2D eigenvalue weighted by Crippen LogP contribution is -2.53. The summed E-state index contributed by atoms with van der Waals surface area (Å²) in [6.07, 6.45) is 0. The Hall–Kier alpha value is -2.37. The van der Waals surface area contributed by atoms with Gasteiger partial charge in [-0.05, 0) is 30.7 Å². The van der Waals surface area contributed by atoms with E-state index < -0.39 is 11.8 Å². The van der Waals surface area contributed by atoms with E-state index in [1.54, 1.807) is 19.2 Å². The third-order valence-electron chi connectivity index (χ3n) is 2.98. The zero-order valence-corrected chi connectivity index (χ0v) is 10.8. The molecule has 0 spiro atoms. The van der Waals surface area contributed by atoms with Crippen molar-refractivity contribution in [3.8, 4) is 0 Å². The van der Waals surface area contributed by atoms with Crippen LogP contribution in [0.4, 0.5) is 5.69 Å². The summed E-state index contributed by atoms with van der Waals surface area (Å²) in [6.45, 7) is 1.65. The van der Waals surface area contributed by atoms with E-state index in [0.29, 0.717) is 5.56 Å². The predicted octanol–water partition coefficient (Wildman–Crippen LogP) is 0.135. The van der Waals surface area contributed by atoms with Gasteiger partial charge in [0.1, 0.15) is 13.1 Å². The molecular weight excluding hydrogens is 246 g/mol. The molecule has 3 amide bonds. The first-order valence-corrected chi connectivity index (χ1v) is 5.91. The maximum atomic E-state index is 12.3. The zero-order valence-electron chi connectivity index (χ0n) is 10.8. The highest BCUT2D eigenvalue weighted by Gasteiger charge is 2.27. The first-order chi connectivity index (χ1) is 9.01. The van der Waals surface area contributed by atoms with E-state index in [1.165, 1.54) is 4.90 Å². The van der Waals surface area contributed by atoms with Crippen LogP contribution in [0.15, 0.2) is 18.2 Å². The van der Waals surface area contributed by atoms with Crippen molar-refractivity contribution < 1.29 is 14.4 Å². The zero-order chi connectivity index (χ0) is 14.0. The van der Waals surface area contributed by atoms with Gasteiger partial charge in [-0.3, -0.25) is 19.7 Å². The number of nitrogens with zero attached hydrogens (tertiary/aromatic N) is 1. The second-order valence-corrected chi connectivity index (χ2v) is 4.41. The van der Waals surface area contributed by atoms with Gasteiger partial charge in [0.25, 0.3) is 5.91 Å². The smallest absolute Gasteiger partial charge is 0.255 e. The van der Waals surface area contributed by atoms with E-state index >= 15 is 0 Å². The fraction of sp³-hybridized carbons (Fsp3) is 0.308. The average molecular weight is 261 g/mol. The number of nitrogens with one attached hydrogen (secondary N) is 2. The standard InChI is InChI=1S/C13H15N3O3/c1-8-5-9(14-2)3-4-10(8)13(19)16-6-11(17)15-12(18)7-16/h3-5,14H,6-7H2,1-2H3,(H,15,17,18). The normalized spacial score (nSPS) is 15.2. The molecule has 1 aliphatic heterocycles. The minimum absolute atomic E-state index is 0.0855. The molecule has 6 heteroatoms. The van der Waals surface area contributed by atoms with Crippen LogP contribution >= 0.6 is 0 Å². The minimum Gasteiger partial charge on any atom is -0.388 e. The van der Waals surface area contributed by atoms with Crippen molar-refractivity contribution in [2.45, 2.75) is 6.92 Å². The molecule has 100 valence electrons. The van der Waals surface area contributed by atoms with E-state index in [-0.39, 0.29) is 19.0 Å². The fourth-order valence-corrected chi connectivity index (χ4v) is 2.01. The van der Waals surface area contributed by atoms with Gasteiger partial charge < -0.3 is 10.2 Å².